The van der Waals surface area contributed by atoms with Crippen molar-refractivity contribution in [1.29, 1.82) is 0 Å². The Balaban J connectivity index is 3.19. The first-order chi connectivity index (χ1) is 5.66. The molecule has 0 aliphatic rings. The molecule has 0 spiro atoms. The minimum absolute atomic E-state index is 0.126. The Labute approximate surface area is 74.0 Å². The molecule has 0 aliphatic carbocycles. The molecular formula is C9H18O3. The van der Waals surface area contributed by atoms with E-state index in [1.807, 2.05) is 6.92 Å². The van der Waals surface area contributed by atoms with Crippen LogP contribution in [0.2, 0.25) is 0 Å². The third kappa shape index (κ3) is 7.54. The molecule has 0 bridgehead atoms. The smallest absolute Gasteiger partial charge is 0.302 e. The van der Waals surface area contributed by atoms with Gasteiger partial charge in [0.15, 0.2) is 0 Å². The SMILES string of the molecule is CCCCOC[C@@H](C)OC(C)=O. The summed E-state index contributed by atoms with van der Waals surface area (Å²) >= 11 is 0. The fourth-order valence-electron chi connectivity index (χ4n) is 0.813. The molecule has 3 nitrogen and oxygen atoms in total. The Morgan fingerprint density at radius 3 is 2.67 bits per heavy atom. The van der Waals surface area contributed by atoms with Gasteiger partial charge in [-0.05, 0) is 13.3 Å². The Hall–Kier alpha value is -0.570. The van der Waals surface area contributed by atoms with E-state index in [9.17, 15) is 4.79 Å². The minimum atomic E-state index is -0.249. The summed E-state index contributed by atoms with van der Waals surface area (Å²) in [5.41, 5.74) is 0. The van der Waals surface area contributed by atoms with Crippen LogP contribution in [0.4, 0.5) is 0 Å². The molecule has 0 unspecified atom stereocenters. The van der Waals surface area contributed by atoms with Gasteiger partial charge in [0.25, 0.3) is 0 Å². The van der Waals surface area contributed by atoms with Crippen LogP contribution in [0, 0.1) is 0 Å². The Bertz CT molecular complexity index is 123. The molecule has 72 valence electrons. The van der Waals surface area contributed by atoms with E-state index in [2.05, 4.69) is 6.92 Å². The number of carbonyl (C=O) groups is 1. The lowest BCUT2D eigenvalue weighted by molar-refractivity contribution is -0.148. The fourth-order valence-corrected chi connectivity index (χ4v) is 0.813. The number of rotatable bonds is 6. The molecule has 0 fully saturated rings. The van der Waals surface area contributed by atoms with Crippen LogP contribution in [0.25, 0.3) is 0 Å². The maximum Gasteiger partial charge on any atom is 0.302 e. The number of unbranched alkanes of at least 4 members (excludes halogenated alkanes) is 1. The number of hydrogen-bond donors (Lipinski definition) is 0. The van der Waals surface area contributed by atoms with Crippen LogP contribution in [0.1, 0.15) is 33.6 Å². The molecule has 0 saturated carbocycles. The summed E-state index contributed by atoms with van der Waals surface area (Å²) in [7, 11) is 0. The molecule has 0 aromatic rings. The van der Waals surface area contributed by atoms with Crippen molar-refractivity contribution in [1.82, 2.24) is 0 Å². The topological polar surface area (TPSA) is 35.5 Å². The van der Waals surface area contributed by atoms with Crippen molar-refractivity contribution in [2.75, 3.05) is 13.2 Å². The Morgan fingerprint density at radius 1 is 1.50 bits per heavy atom. The number of ether oxygens (including phenoxy) is 2. The van der Waals surface area contributed by atoms with E-state index in [0.717, 1.165) is 19.4 Å². The van der Waals surface area contributed by atoms with Crippen molar-refractivity contribution >= 4 is 5.97 Å². The first kappa shape index (κ1) is 11.4. The minimum Gasteiger partial charge on any atom is -0.460 e. The van der Waals surface area contributed by atoms with Crippen molar-refractivity contribution in [2.24, 2.45) is 0 Å². The molecule has 12 heavy (non-hydrogen) atoms. The summed E-state index contributed by atoms with van der Waals surface area (Å²) in [5.74, 6) is -0.249. The quantitative estimate of drug-likeness (QED) is 0.454. The molecule has 0 rings (SSSR count). The van der Waals surface area contributed by atoms with Gasteiger partial charge in [-0.1, -0.05) is 13.3 Å². The van der Waals surface area contributed by atoms with Gasteiger partial charge in [0.05, 0.1) is 6.61 Å². The van der Waals surface area contributed by atoms with Gasteiger partial charge in [-0.25, -0.2) is 0 Å². The third-order valence-electron chi connectivity index (χ3n) is 1.36. The van der Waals surface area contributed by atoms with E-state index in [1.165, 1.54) is 6.92 Å². The lowest BCUT2D eigenvalue weighted by atomic mass is 10.3. The number of esters is 1. The lowest BCUT2D eigenvalue weighted by Crippen LogP contribution is -2.18. The van der Waals surface area contributed by atoms with E-state index in [4.69, 9.17) is 9.47 Å². The molecule has 0 aromatic carbocycles. The average Bonchev–Trinajstić information content (AvgIpc) is 1.97. The van der Waals surface area contributed by atoms with E-state index >= 15 is 0 Å². The first-order valence-corrected chi connectivity index (χ1v) is 4.41. The molecule has 0 N–H and O–H groups in total. The van der Waals surface area contributed by atoms with Crippen LogP contribution < -0.4 is 0 Å². The lowest BCUT2D eigenvalue weighted by Gasteiger charge is -2.11. The highest BCUT2D eigenvalue weighted by molar-refractivity contribution is 5.66. The molecular weight excluding hydrogens is 156 g/mol. The summed E-state index contributed by atoms with van der Waals surface area (Å²) in [6.07, 6.45) is 2.06. The van der Waals surface area contributed by atoms with Crippen molar-refractivity contribution in [2.45, 2.75) is 39.7 Å². The molecule has 0 heterocycles. The second kappa shape index (κ2) is 7.10. The van der Waals surface area contributed by atoms with E-state index in [1.54, 1.807) is 0 Å². The standard InChI is InChI=1S/C9H18O3/c1-4-5-6-11-7-8(2)12-9(3)10/h8H,4-7H2,1-3H3/t8-/m1/s1. The highest BCUT2D eigenvalue weighted by Gasteiger charge is 2.03. The number of carbonyl (C=O) groups excluding carboxylic acids is 1. The largest absolute Gasteiger partial charge is 0.460 e. The third-order valence-corrected chi connectivity index (χ3v) is 1.36. The summed E-state index contributed by atoms with van der Waals surface area (Å²) in [6.45, 7) is 6.59. The molecule has 0 aliphatic heterocycles. The Morgan fingerprint density at radius 2 is 2.17 bits per heavy atom. The predicted octanol–water partition coefficient (Wildman–Crippen LogP) is 1.75. The van der Waals surface area contributed by atoms with Gasteiger partial charge in [0.2, 0.25) is 0 Å². The average molecular weight is 174 g/mol. The van der Waals surface area contributed by atoms with Gasteiger partial charge in [-0.3, -0.25) is 4.79 Å². The normalized spacial score (nSPS) is 12.6. The molecule has 3 heteroatoms. The molecule has 1 atom stereocenters. The van der Waals surface area contributed by atoms with Gasteiger partial charge < -0.3 is 9.47 Å². The van der Waals surface area contributed by atoms with Crippen molar-refractivity contribution in [3.63, 3.8) is 0 Å². The fraction of sp³-hybridized carbons (Fsp3) is 0.889. The van der Waals surface area contributed by atoms with Crippen molar-refractivity contribution < 1.29 is 14.3 Å². The molecule has 0 amide bonds. The van der Waals surface area contributed by atoms with Gasteiger partial charge >= 0.3 is 5.97 Å². The van der Waals surface area contributed by atoms with Gasteiger partial charge in [0, 0.05) is 13.5 Å². The van der Waals surface area contributed by atoms with Crippen LogP contribution in [0.15, 0.2) is 0 Å². The second-order valence-corrected chi connectivity index (χ2v) is 2.85. The summed E-state index contributed by atoms with van der Waals surface area (Å²) < 4.78 is 10.1. The first-order valence-electron chi connectivity index (χ1n) is 4.41. The van der Waals surface area contributed by atoms with Crippen molar-refractivity contribution in [3.05, 3.63) is 0 Å². The zero-order chi connectivity index (χ0) is 9.40. The maximum absolute atomic E-state index is 10.5. The van der Waals surface area contributed by atoms with Crippen LogP contribution in [-0.2, 0) is 14.3 Å². The predicted molar refractivity (Wildman–Crippen MR) is 47.0 cm³/mol. The second-order valence-electron chi connectivity index (χ2n) is 2.85. The van der Waals surface area contributed by atoms with E-state index in [0.29, 0.717) is 6.61 Å². The summed E-state index contributed by atoms with van der Waals surface area (Å²) in [5, 5.41) is 0. The van der Waals surface area contributed by atoms with Crippen LogP contribution in [0.5, 0.6) is 0 Å². The van der Waals surface area contributed by atoms with Gasteiger partial charge in [0.1, 0.15) is 6.10 Å². The highest BCUT2D eigenvalue weighted by atomic mass is 16.6. The monoisotopic (exact) mass is 174 g/mol. The highest BCUT2D eigenvalue weighted by Crippen LogP contribution is 1.94. The van der Waals surface area contributed by atoms with Gasteiger partial charge in [-0.2, -0.15) is 0 Å². The number of hydrogen-bond acceptors (Lipinski definition) is 3. The van der Waals surface area contributed by atoms with Crippen LogP contribution >= 0.6 is 0 Å². The van der Waals surface area contributed by atoms with E-state index < -0.39 is 0 Å². The molecule has 0 saturated heterocycles. The Kier molecular flexibility index (Phi) is 6.76. The van der Waals surface area contributed by atoms with Crippen molar-refractivity contribution in [3.8, 4) is 0 Å². The maximum atomic E-state index is 10.5. The van der Waals surface area contributed by atoms with Gasteiger partial charge in [-0.15, -0.1) is 0 Å². The molecule has 0 radical (unpaired) electrons. The molecule has 0 aromatic heterocycles. The van der Waals surface area contributed by atoms with Crippen LogP contribution in [-0.4, -0.2) is 25.3 Å². The summed E-state index contributed by atoms with van der Waals surface area (Å²) in [6, 6.07) is 0. The zero-order valence-corrected chi connectivity index (χ0v) is 8.13. The van der Waals surface area contributed by atoms with E-state index in [-0.39, 0.29) is 12.1 Å². The zero-order valence-electron chi connectivity index (χ0n) is 8.13. The summed E-state index contributed by atoms with van der Waals surface area (Å²) in [4.78, 5) is 10.5. The van der Waals surface area contributed by atoms with Crippen LogP contribution in [0.3, 0.4) is 0 Å².